The lowest BCUT2D eigenvalue weighted by atomic mass is 9.82. The van der Waals surface area contributed by atoms with Crippen LogP contribution in [0, 0.1) is 20.8 Å². The molecule has 0 radical (unpaired) electrons. The summed E-state index contributed by atoms with van der Waals surface area (Å²) in [7, 11) is 0. The zero-order chi connectivity index (χ0) is 37.0. The number of anilines is 3. The van der Waals surface area contributed by atoms with Crippen molar-refractivity contribution in [1.82, 2.24) is 0 Å². The van der Waals surface area contributed by atoms with Crippen LogP contribution in [0.3, 0.4) is 0 Å². The van der Waals surface area contributed by atoms with Crippen LogP contribution in [0.15, 0.2) is 170 Å². The predicted molar refractivity (Wildman–Crippen MR) is 235 cm³/mol. The summed E-state index contributed by atoms with van der Waals surface area (Å²) in [6.45, 7) is 11.2. The van der Waals surface area contributed by atoms with E-state index in [2.05, 4.69) is 209 Å². The highest BCUT2D eigenvalue weighted by atomic mass is 32.1. The third-order valence-electron chi connectivity index (χ3n) is 11.3. The maximum atomic E-state index is 2.42. The molecule has 1 heterocycles. The fraction of sp³-hybridized carbons (Fsp3) is 0.115. The molecule has 1 aromatic heterocycles. The molecule has 262 valence electrons. The normalized spacial score (nSPS) is 12.7. The molecule has 0 aliphatic heterocycles. The molecule has 0 atom stereocenters. The van der Waals surface area contributed by atoms with E-state index in [1.807, 2.05) is 11.3 Å². The quantitative estimate of drug-likeness (QED) is 0.175. The zero-order valence-corrected chi connectivity index (χ0v) is 32.3. The maximum absolute atomic E-state index is 2.42. The van der Waals surface area contributed by atoms with Crippen LogP contribution >= 0.6 is 11.3 Å². The standard InChI is InChI=1S/C39H33N.C13H10S/c1-26-11-5-8-14-33(26)35-24-31(19-17-27(35)2)40(30-20-18-28-12-6-7-13-29(28)23-30)32-21-22-38-36(25-32)34-15-9-10-16-37(34)39(38,3)4;1-9-6-7-13-11(8-9)10-4-2-3-5-12(10)14-13/h5-25H,1-4H3;2-8H,1H3. The van der Waals surface area contributed by atoms with Gasteiger partial charge in [0.25, 0.3) is 0 Å². The number of aryl methyl sites for hydroxylation is 3. The van der Waals surface area contributed by atoms with E-state index >= 15 is 0 Å². The molecule has 2 heteroatoms. The summed E-state index contributed by atoms with van der Waals surface area (Å²) >= 11 is 1.87. The van der Waals surface area contributed by atoms with Crippen LogP contribution in [0.25, 0.3) is 53.2 Å². The minimum atomic E-state index is -0.0138. The van der Waals surface area contributed by atoms with Gasteiger partial charge in [0.05, 0.1) is 0 Å². The number of thiophene rings is 1. The van der Waals surface area contributed by atoms with Crippen LogP contribution in [0.4, 0.5) is 17.1 Å². The minimum absolute atomic E-state index is 0.0138. The van der Waals surface area contributed by atoms with Crippen molar-refractivity contribution < 1.29 is 0 Å². The molecule has 1 aliphatic carbocycles. The highest BCUT2D eigenvalue weighted by molar-refractivity contribution is 7.25. The third-order valence-corrected chi connectivity index (χ3v) is 12.4. The summed E-state index contributed by atoms with van der Waals surface area (Å²) in [6, 6.07) is 62.1. The fourth-order valence-corrected chi connectivity index (χ4v) is 9.45. The Morgan fingerprint density at radius 2 is 1.00 bits per heavy atom. The second-order valence-corrected chi connectivity index (χ2v) is 16.3. The molecule has 10 rings (SSSR count). The van der Waals surface area contributed by atoms with Gasteiger partial charge in [-0.25, -0.2) is 0 Å². The molecule has 0 N–H and O–H groups in total. The highest BCUT2D eigenvalue weighted by Crippen LogP contribution is 2.51. The Labute approximate surface area is 322 Å². The fourth-order valence-electron chi connectivity index (χ4n) is 8.36. The van der Waals surface area contributed by atoms with E-state index in [0.717, 1.165) is 11.4 Å². The molecule has 0 saturated heterocycles. The summed E-state index contributed by atoms with van der Waals surface area (Å²) in [5.74, 6) is 0. The number of hydrogen-bond acceptors (Lipinski definition) is 2. The number of nitrogens with zero attached hydrogens (tertiary/aromatic N) is 1. The summed E-state index contributed by atoms with van der Waals surface area (Å²) in [5.41, 5.74) is 15.4. The first-order valence-corrected chi connectivity index (χ1v) is 19.7. The van der Waals surface area contributed by atoms with Gasteiger partial charge in [0, 0.05) is 42.6 Å². The van der Waals surface area contributed by atoms with Crippen LogP contribution in [0.5, 0.6) is 0 Å². The van der Waals surface area contributed by atoms with Crippen molar-refractivity contribution in [1.29, 1.82) is 0 Å². The van der Waals surface area contributed by atoms with Crippen LogP contribution < -0.4 is 4.90 Å². The summed E-state index contributed by atoms with van der Waals surface area (Å²) in [5, 5.41) is 5.27. The van der Waals surface area contributed by atoms with Crippen molar-refractivity contribution in [3.05, 3.63) is 198 Å². The molecule has 54 heavy (non-hydrogen) atoms. The van der Waals surface area contributed by atoms with E-state index in [9.17, 15) is 0 Å². The Morgan fingerprint density at radius 1 is 0.407 bits per heavy atom. The van der Waals surface area contributed by atoms with Crippen molar-refractivity contribution in [2.45, 2.75) is 40.0 Å². The van der Waals surface area contributed by atoms with Crippen molar-refractivity contribution in [2.75, 3.05) is 4.90 Å². The molecule has 1 nitrogen and oxygen atoms in total. The minimum Gasteiger partial charge on any atom is -0.310 e. The number of hydrogen-bond donors (Lipinski definition) is 0. The number of rotatable bonds is 4. The molecule has 0 saturated carbocycles. The topological polar surface area (TPSA) is 3.24 Å². The van der Waals surface area contributed by atoms with Gasteiger partial charge >= 0.3 is 0 Å². The molecule has 1 aliphatic rings. The van der Waals surface area contributed by atoms with E-state index in [-0.39, 0.29) is 5.41 Å². The van der Waals surface area contributed by atoms with Gasteiger partial charge in [-0.2, -0.15) is 0 Å². The lowest BCUT2D eigenvalue weighted by Gasteiger charge is -2.28. The highest BCUT2D eigenvalue weighted by Gasteiger charge is 2.35. The van der Waals surface area contributed by atoms with Gasteiger partial charge in [-0.3, -0.25) is 0 Å². The van der Waals surface area contributed by atoms with Gasteiger partial charge in [-0.05, 0) is 131 Å². The first-order valence-electron chi connectivity index (χ1n) is 18.8. The van der Waals surface area contributed by atoms with Crippen LogP contribution in [-0.4, -0.2) is 0 Å². The molecule has 8 aromatic carbocycles. The Balaban J connectivity index is 0.000000229. The maximum Gasteiger partial charge on any atom is 0.0468 e. The van der Waals surface area contributed by atoms with Crippen molar-refractivity contribution in [2.24, 2.45) is 0 Å². The lowest BCUT2D eigenvalue weighted by Crippen LogP contribution is -2.15. The summed E-state index contributed by atoms with van der Waals surface area (Å²) in [6.07, 6.45) is 0. The SMILES string of the molecule is Cc1ccc2sc3ccccc3c2c1.Cc1ccccc1-c1cc(N(c2ccc3c(c2)-c2ccccc2C3(C)C)c2ccc3ccccc3c2)ccc1C. The van der Waals surface area contributed by atoms with Gasteiger partial charge in [-0.1, -0.05) is 135 Å². The average Bonchev–Trinajstić information content (AvgIpc) is 3.67. The lowest BCUT2D eigenvalue weighted by molar-refractivity contribution is 0.660. The van der Waals surface area contributed by atoms with Gasteiger partial charge in [-0.15, -0.1) is 11.3 Å². The molecule has 0 fully saturated rings. The van der Waals surface area contributed by atoms with Crippen molar-refractivity contribution >= 4 is 59.3 Å². The van der Waals surface area contributed by atoms with Gasteiger partial charge in [0.1, 0.15) is 0 Å². The van der Waals surface area contributed by atoms with E-state index in [1.54, 1.807) is 0 Å². The summed E-state index contributed by atoms with van der Waals surface area (Å²) < 4.78 is 2.77. The molecule has 0 bridgehead atoms. The van der Waals surface area contributed by atoms with Crippen molar-refractivity contribution in [3.63, 3.8) is 0 Å². The van der Waals surface area contributed by atoms with E-state index < -0.39 is 0 Å². The van der Waals surface area contributed by atoms with Gasteiger partial charge in [0.2, 0.25) is 0 Å². The smallest absolute Gasteiger partial charge is 0.0468 e. The predicted octanol–water partition coefficient (Wildman–Crippen LogP) is 15.3. The van der Waals surface area contributed by atoms with Gasteiger partial charge < -0.3 is 4.90 Å². The largest absolute Gasteiger partial charge is 0.310 e. The third kappa shape index (κ3) is 5.88. The first-order chi connectivity index (χ1) is 26.3. The van der Waals surface area contributed by atoms with Crippen LogP contribution in [-0.2, 0) is 5.41 Å². The molecule has 0 spiro atoms. The van der Waals surface area contributed by atoms with E-state index in [4.69, 9.17) is 0 Å². The Bertz CT molecular complexity index is 2850. The van der Waals surface area contributed by atoms with Gasteiger partial charge in [0.15, 0.2) is 0 Å². The second-order valence-electron chi connectivity index (χ2n) is 15.2. The molecule has 0 amide bonds. The van der Waals surface area contributed by atoms with E-state index in [1.165, 1.54) is 86.7 Å². The molecular formula is C52H43NS. The molecule has 9 aromatic rings. The second kappa shape index (κ2) is 13.5. The van der Waals surface area contributed by atoms with E-state index in [0.29, 0.717) is 0 Å². The number of benzene rings is 8. The Hall–Kier alpha value is -5.96. The summed E-state index contributed by atoms with van der Waals surface area (Å²) in [4.78, 5) is 2.42. The van der Waals surface area contributed by atoms with Crippen LogP contribution in [0.2, 0.25) is 0 Å². The molecular weight excluding hydrogens is 671 g/mol. The average molecular weight is 714 g/mol. The van der Waals surface area contributed by atoms with Crippen molar-refractivity contribution in [3.8, 4) is 22.3 Å². The zero-order valence-electron chi connectivity index (χ0n) is 31.5. The Morgan fingerprint density at radius 3 is 1.83 bits per heavy atom. The molecule has 0 unspecified atom stereocenters. The first kappa shape index (κ1) is 33.8. The Kier molecular flexibility index (Phi) is 8.44. The monoisotopic (exact) mass is 713 g/mol. The van der Waals surface area contributed by atoms with Crippen LogP contribution in [0.1, 0.15) is 41.7 Å². The number of fused-ring (bicyclic) bond motifs is 7.